The Morgan fingerprint density at radius 1 is 1.24 bits per heavy atom. The number of nitrogens with zero attached hydrogens (tertiary/aromatic N) is 3. The summed E-state index contributed by atoms with van der Waals surface area (Å²) >= 11 is 1.66. The average Bonchev–Trinajstić information content (AvgIpc) is 3.11. The molecule has 1 aliphatic heterocycles. The second-order valence-corrected chi connectivity index (χ2v) is 6.93. The summed E-state index contributed by atoms with van der Waals surface area (Å²) in [6.07, 6.45) is 0.442. The fourth-order valence-electron chi connectivity index (χ4n) is 2.91. The van der Waals surface area contributed by atoms with Gasteiger partial charge < -0.3 is 15.4 Å². The minimum atomic E-state index is 0.164. The number of carbonyl (C=O) groups is 1. The van der Waals surface area contributed by atoms with Crippen LogP contribution in [-0.2, 0) is 11.3 Å². The molecule has 1 aromatic heterocycles. The maximum atomic E-state index is 11.9. The van der Waals surface area contributed by atoms with Crippen LogP contribution in [0.2, 0.25) is 0 Å². The zero-order chi connectivity index (χ0) is 17.6. The number of amides is 1. The predicted octanol–water partition coefficient (Wildman–Crippen LogP) is 1.81. The van der Waals surface area contributed by atoms with Crippen LogP contribution in [0.5, 0.6) is 5.75 Å². The third-order valence-corrected chi connectivity index (χ3v) is 5.30. The highest BCUT2D eigenvalue weighted by Crippen LogP contribution is 2.26. The van der Waals surface area contributed by atoms with E-state index in [-0.39, 0.29) is 5.91 Å². The van der Waals surface area contributed by atoms with E-state index in [2.05, 4.69) is 10.3 Å². The number of ether oxygens (including phenoxy) is 1. The highest BCUT2D eigenvalue weighted by Gasteiger charge is 2.21. The molecule has 2 aromatic rings. The van der Waals surface area contributed by atoms with Crippen molar-refractivity contribution in [3.8, 4) is 16.3 Å². The van der Waals surface area contributed by atoms with Gasteiger partial charge in [0, 0.05) is 56.6 Å². The van der Waals surface area contributed by atoms with Crippen LogP contribution < -0.4 is 10.5 Å². The number of hydrogen-bond donors (Lipinski definition) is 1. The van der Waals surface area contributed by atoms with Gasteiger partial charge in [-0.3, -0.25) is 9.69 Å². The quantitative estimate of drug-likeness (QED) is 0.851. The van der Waals surface area contributed by atoms with Crippen molar-refractivity contribution in [2.75, 3.05) is 39.8 Å². The minimum Gasteiger partial charge on any atom is -0.497 e. The summed E-state index contributed by atoms with van der Waals surface area (Å²) in [5, 5.41) is 3.14. The molecule has 0 radical (unpaired) electrons. The van der Waals surface area contributed by atoms with Crippen molar-refractivity contribution in [1.29, 1.82) is 0 Å². The third-order valence-electron chi connectivity index (χ3n) is 4.36. The normalized spacial score (nSPS) is 15.4. The number of nitrogens with two attached hydrogens (primary N) is 1. The molecule has 0 atom stereocenters. The smallest absolute Gasteiger partial charge is 0.223 e. The number of thiazole rings is 1. The van der Waals surface area contributed by atoms with E-state index in [4.69, 9.17) is 15.5 Å². The first-order valence-electron chi connectivity index (χ1n) is 8.48. The SMILES string of the molecule is COc1ccc(-c2nc(CN3CCN(C(=O)CCN)CC3)cs2)cc1. The number of piperazine rings is 1. The maximum Gasteiger partial charge on any atom is 0.223 e. The van der Waals surface area contributed by atoms with Crippen LogP contribution in [0.1, 0.15) is 12.1 Å². The first-order valence-corrected chi connectivity index (χ1v) is 9.36. The largest absolute Gasteiger partial charge is 0.497 e. The van der Waals surface area contributed by atoms with E-state index in [0.29, 0.717) is 13.0 Å². The fraction of sp³-hybridized carbons (Fsp3) is 0.444. The number of hydrogen-bond acceptors (Lipinski definition) is 6. The topological polar surface area (TPSA) is 71.7 Å². The molecular weight excluding hydrogens is 336 g/mol. The van der Waals surface area contributed by atoms with Gasteiger partial charge in [0.2, 0.25) is 5.91 Å². The summed E-state index contributed by atoms with van der Waals surface area (Å²) in [6.45, 7) is 4.55. The average molecular weight is 360 g/mol. The Bertz CT molecular complexity index is 693. The molecule has 1 aromatic carbocycles. The number of benzene rings is 1. The van der Waals surface area contributed by atoms with Crippen molar-refractivity contribution >= 4 is 17.2 Å². The number of rotatable bonds is 6. The van der Waals surface area contributed by atoms with Crippen LogP contribution in [0.25, 0.3) is 10.6 Å². The van der Waals surface area contributed by atoms with Gasteiger partial charge in [-0.1, -0.05) is 0 Å². The summed E-state index contributed by atoms with van der Waals surface area (Å²) in [6, 6.07) is 7.97. The van der Waals surface area contributed by atoms with Crippen molar-refractivity contribution in [2.24, 2.45) is 5.73 Å². The van der Waals surface area contributed by atoms with Crippen molar-refractivity contribution in [3.05, 3.63) is 35.3 Å². The molecule has 2 N–H and O–H groups in total. The molecule has 0 saturated carbocycles. The van der Waals surface area contributed by atoms with Gasteiger partial charge in [0.05, 0.1) is 12.8 Å². The predicted molar refractivity (Wildman–Crippen MR) is 99.6 cm³/mol. The van der Waals surface area contributed by atoms with Crippen LogP contribution in [-0.4, -0.2) is 60.5 Å². The highest BCUT2D eigenvalue weighted by atomic mass is 32.1. The van der Waals surface area contributed by atoms with Crippen LogP contribution >= 0.6 is 11.3 Å². The number of carbonyl (C=O) groups excluding carboxylic acids is 1. The zero-order valence-corrected chi connectivity index (χ0v) is 15.3. The van der Waals surface area contributed by atoms with E-state index in [1.807, 2.05) is 29.2 Å². The molecule has 134 valence electrons. The number of aromatic nitrogens is 1. The van der Waals surface area contributed by atoms with E-state index in [1.54, 1.807) is 18.4 Å². The lowest BCUT2D eigenvalue weighted by atomic mass is 10.2. The zero-order valence-electron chi connectivity index (χ0n) is 14.5. The van der Waals surface area contributed by atoms with Gasteiger partial charge in [0.15, 0.2) is 0 Å². The summed E-state index contributed by atoms with van der Waals surface area (Å²) < 4.78 is 5.19. The van der Waals surface area contributed by atoms with Crippen molar-refractivity contribution < 1.29 is 9.53 Å². The van der Waals surface area contributed by atoms with Gasteiger partial charge in [0.25, 0.3) is 0 Å². The molecule has 6 nitrogen and oxygen atoms in total. The first kappa shape index (κ1) is 17.8. The molecule has 7 heteroatoms. The second-order valence-electron chi connectivity index (χ2n) is 6.07. The van der Waals surface area contributed by atoms with Gasteiger partial charge in [-0.25, -0.2) is 4.98 Å². The lowest BCUT2D eigenvalue weighted by molar-refractivity contribution is -0.132. The van der Waals surface area contributed by atoms with E-state index in [0.717, 1.165) is 54.7 Å². The fourth-order valence-corrected chi connectivity index (χ4v) is 3.73. The van der Waals surface area contributed by atoms with Crippen molar-refractivity contribution in [2.45, 2.75) is 13.0 Å². The Hall–Kier alpha value is -1.96. The van der Waals surface area contributed by atoms with Gasteiger partial charge in [-0.05, 0) is 24.3 Å². The molecule has 0 unspecified atom stereocenters. The van der Waals surface area contributed by atoms with Gasteiger partial charge in [-0.15, -0.1) is 11.3 Å². The van der Waals surface area contributed by atoms with Gasteiger partial charge in [0.1, 0.15) is 10.8 Å². The Labute approximate surface area is 152 Å². The summed E-state index contributed by atoms with van der Waals surface area (Å²) in [4.78, 5) is 20.9. The molecule has 2 heterocycles. The molecule has 1 fully saturated rings. The van der Waals surface area contributed by atoms with E-state index in [9.17, 15) is 4.79 Å². The summed E-state index contributed by atoms with van der Waals surface area (Å²) in [7, 11) is 1.67. The van der Waals surface area contributed by atoms with Gasteiger partial charge in [-0.2, -0.15) is 0 Å². The molecular formula is C18H24N4O2S. The summed E-state index contributed by atoms with van der Waals surface area (Å²) in [5.74, 6) is 1.01. The molecule has 0 bridgehead atoms. The number of methoxy groups -OCH3 is 1. The molecule has 1 aliphatic rings. The van der Waals surface area contributed by atoms with Crippen LogP contribution in [0, 0.1) is 0 Å². The standard InChI is InChI=1S/C18H24N4O2S/c1-24-16-4-2-14(3-5-16)18-20-15(13-25-18)12-21-8-10-22(11-9-21)17(23)6-7-19/h2-5,13H,6-12,19H2,1H3. The van der Waals surface area contributed by atoms with E-state index < -0.39 is 0 Å². The second kappa shape index (κ2) is 8.42. The monoisotopic (exact) mass is 360 g/mol. The third kappa shape index (κ3) is 4.56. The molecule has 0 aliphatic carbocycles. The molecule has 3 rings (SSSR count). The summed E-state index contributed by atoms with van der Waals surface area (Å²) in [5.41, 5.74) is 7.65. The van der Waals surface area contributed by atoms with Crippen LogP contribution in [0.4, 0.5) is 0 Å². The maximum absolute atomic E-state index is 11.9. The highest BCUT2D eigenvalue weighted by molar-refractivity contribution is 7.13. The van der Waals surface area contributed by atoms with Crippen molar-refractivity contribution in [3.63, 3.8) is 0 Å². The minimum absolute atomic E-state index is 0.164. The molecule has 25 heavy (non-hydrogen) atoms. The lowest BCUT2D eigenvalue weighted by Crippen LogP contribution is -2.48. The molecule has 1 saturated heterocycles. The Balaban J connectivity index is 1.54. The Kier molecular flexibility index (Phi) is 6.01. The molecule has 0 spiro atoms. The Morgan fingerprint density at radius 3 is 2.60 bits per heavy atom. The lowest BCUT2D eigenvalue weighted by Gasteiger charge is -2.34. The first-order chi connectivity index (χ1) is 12.2. The Morgan fingerprint density at radius 2 is 1.96 bits per heavy atom. The van der Waals surface area contributed by atoms with E-state index >= 15 is 0 Å². The van der Waals surface area contributed by atoms with Gasteiger partial charge >= 0.3 is 0 Å². The van der Waals surface area contributed by atoms with Crippen LogP contribution in [0.15, 0.2) is 29.6 Å². The molecule has 1 amide bonds. The van der Waals surface area contributed by atoms with E-state index in [1.165, 1.54) is 0 Å². The van der Waals surface area contributed by atoms with Crippen LogP contribution in [0.3, 0.4) is 0 Å². The van der Waals surface area contributed by atoms with Crippen molar-refractivity contribution in [1.82, 2.24) is 14.8 Å².